The van der Waals surface area contributed by atoms with E-state index < -0.39 is 0 Å². The highest BCUT2D eigenvalue weighted by Crippen LogP contribution is 2.36. The SMILES string of the molecule is C=C(C)c1ccc2cccc(C)c2c1OCc1ccccc1. The van der Waals surface area contributed by atoms with Crippen LogP contribution in [0, 0.1) is 6.92 Å². The second-order valence-corrected chi connectivity index (χ2v) is 5.67. The van der Waals surface area contributed by atoms with Crippen molar-refractivity contribution >= 4 is 16.3 Å². The molecule has 0 fully saturated rings. The van der Waals surface area contributed by atoms with E-state index in [0.717, 1.165) is 16.9 Å². The Morgan fingerprint density at radius 1 is 0.955 bits per heavy atom. The average Bonchev–Trinajstić information content (AvgIpc) is 2.53. The topological polar surface area (TPSA) is 9.23 Å². The van der Waals surface area contributed by atoms with Gasteiger partial charge in [-0.1, -0.05) is 67.2 Å². The van der Waals surface area contributed by atoms with E-state index in [2.05, 4.69) is 56.0 Å². The van der Waals surface area contributed by atoms with Crippen molar-refractivity contribution in [3.63, 3.8) is 0 Å². The number of ether oxygens (including phenoxy) is 1. The number of allylic oxidation sites excluding steroid dienone is 1. The van der Waals surface area contributed by atoms with E-state index in [0.29, 0.717) is 6.61 Å². The fourth-order valence-corrected chi connectivity index (χ4v) is 2.74. The molecule has 3 aromatic rings. The van der Waals surface area contributed by atoms with Crippen LogP contribution in [-0.4, -0.2) is 0 Å². The van der Waals surface area contributed by atoms with Crippen molar-refractivity contribution in [3.05, 3.63) is 83.9 Å². The first-order chi connectivity index (χ1) is 10.7. The first-order valence-corrected chi connectivity index (χ1v) is 7.52. The smallest absolute Gasteiger partial charge is 0.135 e. The van der Waals surface area contributed by atoms with Crippen molar-refractivity contribution in [3.8, 4) is 5.75 Å². The number of fused-ring (bicyclic) bond motifs is 1. The predicted octanol–water partition coefficient (Wildman–Crippen LogP) is 5.76. The van der Waals surface area contributed by atoms with Gasteiger partial charge in [0.2, 0.25) is 0 Å². The Labute approximate surface area is 131 Å². The van der Waals surface area contributed by atoms with Crippen molar-refractivity contribution in [2.45, 2.75) is 20.5 Å². The molecule has 1 nitrogen and oxygen atoms in total. The van der Waals surface area contributed by atoms with Gasteiger partial charge < -0.3 is 4.74 Å². The lowest BCUT2D eigenvalue weighted by Gasteiger charge is -2.16. The van der Waals surface area contributed by atoms with Crippen molar-refractivity contribution in [2.24, 2.45) is 0 Å². The maximum atomic E-state index is 6.22. The van der Waals surface area contributed by atoms with E-state index in [1.54, 1.807) is 0 Å². The van der Waals surface area contributed by atoms with Crippen molar-refractivity contribution < 1.29 is 4.74 Å². The number of hydrogen-bond acceptors (Lipinski definition) is 1. The van der Waals surface area contributed by atoms with Crippen molar-refractivity contribution in [2.75, 3.05) is 0 Å². The van der Waals surface area contributed by atoms with Crippen molar-refractivity contribution in [1.29, 1.82) is 0 Å². The molecule has 0 aromatic heterocycles. The second kappa shape index (κ2) is 6.07. The lowest BCUT2D eigenvalue weighted by atomic mass is 9.98. The molecule has 0 bridgehead atoms. The third-order valence-corrected chi connectivity index (χ3v) is 3.89. The van der Waals surface area contributed by atoms with Gasteiger partial charge in [0, 0.05) is 10.9 Å². The molecular formula is C21H20O. The van der Waals surface area contributed by atoms with Gasteiger partial charge in [0.15, 0.2) is 0 Å². The summed E-state index contributed by atoms with van der Waals surface area (Å²) in [4.78, 5) is 0. The molecule has 0 spiro atoms. The van der Waals surface area contributed by atoms with Gasteiger partial charge in [-0.2, -0.15) is 0 Å². The standard InChI is InChI=1S/C21H20O/c1-15(2)19-13-12-18-11-7-8-16(3)20(18)21(19)22-14-17-9-5-4-6-10-17/h4-13H,1,14H2,2-3H3. The van der Waals surface area contributed by atoms with Gasteiger partial charge in [-0.3, -0.25) is 0 Å². The number of benzene rings is 3. The molecule has 1 heteroatoms. The Kier molecular flexibility index (Phi) is 3.97. The highest BCUT2D eigenvalue weighted by molar-refractivity contribution is 5.95. The molecular weight excluding hydrogens is 268 g/mol. The molecule has 0 aliphatic heterocycles. The highest BCUT2D eigenvalue weighted by atomic mass is 16.5. The monoisotopic (exact) mass is 288 g/mol. The molecule has 110 valence electrons. The minimum absolute atomic E-state index is 0.564. The molecule has 3 aromatic carbocycles. The zero-order valence-corrected chi connectivity index (χ0v) is 13.1. The van der Waals surface area contributed by atoms with Crippen LogP contribution in [-0.2, 0) is 6.61 Å². The van der Waals surface area contributed by atoms with Gasteiger partial charge in [0.05, 0.1) is 0 Å². The lowest BCUT2D eigenvalue weighted by Crippen LogP contribution is -1.99. The molecule has 0 saturated carbocycles. The predicted molar refractivity (Wildman–Crippen MR) is 94.2 cm³/mol. The fraction of sp³-hybridized carbons (Fsp3) is 0.143. The molecule has 0 saturated heterocycles. The zero-order valence-electron chi connectivity index (χ0n) is 13.1. The maximum Gasteiger partial charge on any atom is 0.135 e. The van der Waals surface area contributed by atoms with Gasteiger partial charge in [0.25, 0.3) is 0 Å². The van der Waals surface area contributed by atoms with Crippen LogP contribution in [0.2, 0.25) is 0 Å². The summed E-state index contributed by atoms with van der Waals surface area (Å²) < 4.78 is 6.22. The third-order valence-electron chi connectivity index (χ3n) is 3.89. The first kappa shape index (κ1) is 14.4. The second-order valence-electron chi connectivity index (χ2n) is 5.67. The van der Waals surface area contributed by atoms with Gasteiger partial charge in [-0.05, 0) is 35.9 Å². The minimum atomic E-state index is 0.564. The van der Waals surface area contributed by atoms with E-state index >= 15 is 0 Å². The van der Waals surface area contributed by atoms with Crippen LogP contribution in [0.1, 0.15) is 23.6 Å². The zero-order chi connectivity index (χ0) is 15.5. The van der Waals surface area contributed by atoms with Gasteiger partial charge in [-0.25, -0.2) is 0 Å². The summed E-state index contributed by atoms with van der Waals surface area (Å²) in [6.45, 7) is 8.81. The van der Waals surface area contributed by atoms with Crippen LogP contribution in [0.5, 0.6) is 5.75 Å². The summed E-state index contributed by atoms with van der Waals surface area (Å²) in [5.41, 5.74) is 4.50. The fourth-order valence-electron chi connectivity index (χ4n) is 2.74. The number of rotatable bonds is 4. The van der Waals surface area contributed by atoms with E-state index in [9.17, 15) is 0 Å². The van der Waals surface area contributed by atoms with Crippen LogP contribution >= 0.6 is 0 Å². The maximum absolute atomic E-state index is 6.22. The molecule has 3 rings (SSSR count). The molecule has 0 aliphatic carbocycles. The van der Waals surface area contributed by atoms with Gasteiger partial charge >= 0.3 is 0 Å². The summed E-state index contributed by atoms with van der Waals surface area (Å²) in [5.74, 6) is 0.937. The van der Waals surface area contributed by atoms with Gasteiger partial charge in [0.1, 0.15) is 12.4 Å². The Hall–Kier alpha value is -2.54. The molecule has 0 N–H and O–H groups in total. The molecule has 0 atom stereocenters. The molecule has 0 radical (unpaired) electrons. The Morgan fingerprint density at radius 3 is 2.45 bits per heavy atom. The summed E-state index contributed by atoms with van der Waals surface area (Å²) in [6, 6.07) is 20.8. The summed E-state index contributed by atoms with van der Waals surface area (Å²) in [7, 11) is 0. The Morgan fingerprint density at radius 2 is 1.73 bits per heavy atom. The van der Waals surface area contributed by atoms with Crippen LogP contribution in [0.15, 0.2) is 67.2 Å². The molecule has 0 unspecified atom stereocenters. The normalized spacial score (nSPS) is 10.6. The van der Waals surface area contributed by atoms with E-state index in [1.165, 1.54) is 21.9 Å². The molecule has 22 heavy (non-hydrogen) atoms. The van der Waals surface area contributed by atoms with Crippen LogP contribution in [0.3, 0.4) is 0 Å². The van der Waals surface area contributed by atoms with Crippen molar-refractivity contribution in [1.82, 2.24) is 0 Å². The lowest BCUT2D eigenvalue weighted by molar-refractivity contribution is 0.309. The largest absolute Gasteiger partial charge is 0.488 e. The average molecular weight is 288 g/mol. The number of hydrogen-bond donors (Lipinski definition) is 0. The molecule has 0 aliphatic rings. The number of aryl methyl sites for hydroxylation is 1. The van der Waals surface area contributed by atoms with E-state index in [4.69, 9.17) is 4.74 Å². The first-order valence-electron chi connectivity index (χ1n) is 7.52. The molecule has 0 amide bonds. The summed E-state index contributed by atoms with van der Waals surface area (Å²) in [6.07, 6.45) is 0. The van der Waals surface area contributed by atoms with E-state index in [-0.39, 0.29) is 0 Å². The minimum Gasteiger partial charge on any atom is -0.488 e. The quantitative estimate of drug-likeness (QED) is 0.593. The Bertz CT molecular complexity index is 816. The summed E-state index contributed by atoms with van der Waals surface area (Å²) >= 11 is 0. The Balaban J connectivity index is 2.08. The van der Waals surface area contributed by atoms with Crippen LogP contribution in [0.25, 0.3) is 16.3 Å². The highest BCUT2D eigenvalue weighted by Gasteiger charge is 2.12. The van der Waals surface area contributed by atoms with Gasteiger partial charge in [-0.15, -0.1) is 0 Å². The van der Waals surface area contributed by atoms with Crippen LogP contribution < -0.4 is 4.74 Å². The third kappa shape index (κ3) is 2.75. The van der Waals surface area contributed by atoms with E-state index in [1.807, 2.05) is 25.1 Å². The molecule has 0 heterocycles. The van der Waals surface area contributed by atoms with Crippen LogP contribution in [0.4, 0.5) is 0 Å². The summed E-state index contributed by atoms with van der Waals surface area (Å²) in [5, 5.41) is 2.38.